The summed E-state index contributed by atoms with van der Waals surface area (Å²) < 4.78 is 6.00. The molecule has 6 nitrogen and oxygen atoms in total. The summed E-state index contributed by atoms with van der Waals surface area (Å²) in [5.74, 6) is -0.996. The molecule has 1 fully saturated rings. The number of Topliss-reactive ketones (excluding diaryl/α,β-unsaturated/α-hetero) is 1. The van der Waals surface area contributed by atoms with Crippen molar-refractivity contribution < 1.29 is 19.4 Å². The third-order valence-electron chi connectivity index (χ3n) is 6.09. The molecule has 1 unspecified atom stereocenters. The molecule has 1 atom stereocenters. The second-order valence-corrected chi connectivity index (χ2v) is 8.50. The Kier molecular flexibility index (Phi) is 6.58. The minimum Gasteiger partial charge on any atom is -0.507 e. The highest BCUT2D eigenvalue weighted by molar-refractivity contribution is 6.46. The topological polar surface area (TPSA) is 79.7 Å². The van der Waals surface area contributed by atoms with Crippen molar-refractivity contribution in [2.75, 3.05) is 0 Å². The first-order valence-electron chi connectivity index (χ1n) is 11.6. The second-order valence-electron chi connectivity index (χ2n) is 8.50. The number of carbonyl (C=O) groups excluding carboxylic acids is 2. The average Bonchev–Trinajstić information content (AvgIpc) is 3.18. The monoisotopic (exact) mass is 476 g/mol. The zero-order valence-electron chi connectivity index (χ0n) is 19.5. The van der Waals surface area contributed by atoms with E-state index in [1.54, 1.807) is 42.7 Å². The molecule has 6 heteroatoms. The zero-order valence-corrected chi connectivity index (χ0v) is 19.5. The van der Waals surface area contributed by atoms with Crippen molar-refractivity contribution in [3.63, 3.8) is 0 Å². The molecule has 0 saturated carbocycles. The van der Waals surface area contributed by atoms with Gasteiger partial charge in [-0.05, 0) is 34.9 Å². The van der Waals surface area contributed by atoms with Gasteiger partial charge in [-0.15, -0.1) is 0 Å². The Bertz CT molecular complexity index is 1400. The minimum atomic E-state index is -0.786. The largest absolute Gasteiger partial charge is 0.507 e. The number of carbonyl (C=O) groups is 2. The molecule has 1 N–H and O–H groups in total. The van der Waals surface area contributed by atoms with Crippen LogP contribution in [0, 0.1) is 0 Å². The Morgan fingerprint density at radius 2 is 1.58 bits per heavy atom. The fraction of sp³-hybridized carbons (Fsp3) is 0.100. The van der Waals surface area contributed by atoms with Crippen molar-refractivity contribution >= 4 is 17.4 Å². The molecule has 0 aliphatic carbocycles. The number of ether oxygens (including phenoxy) is 1. The lowest BCUT2D eigenvalue weighted by atomic mass is 9.95. The molecule has 0 bridgehead atoms. The summed E-state index contributed by atoms with van der Waals surface area (Å²) in [6, 6.07) is 28.7. The van der Waals surface area contributed by atoms with Gasteiger partial charge in [0.1, 0.15) is 18.1 Å². The predicted molar refractivity (Wildman–Crippen MR) is 136 cm³/mol. The van der Waals surface area contributed by atoms with Gasteiger partial charge in [-0.1, -0.05) is 78.9 Å². The van der Waals surface area contributed by atoms with Gasteiger partial charge in [-0.2, -0.15) is 0 Å². The summed E-state index contributed by atoms with van der Waals surface area (Å²) in [6.45, 7) is 0.550. The maximum Gasteiger partial charge on any atom is 0.295 e. The van der Waals surface area contributed by atoms with E-state index < -0.39 is 17.7 Å². The molecule has 1 aromatic heterocycles. The van der Waals surface area contributed by atoms with Crippen LogP contribution in [-0.4, -0.2) is 26.7 Å². The fourth-order valence-corrected chi connectivity index (χ4v) is 4.34. The molecule has 0 radical (unpaired) electrons. The number of pyridine rings is 1. The SMILES string of the molecule is O=C1C(=O)N(Cc2cccnc2)C(c2cccc(OCc3ccccc3)c2)C1=C(O)c1ccccc1. The van der Waals surface area contributed by atoms with Crippen LogP contribution < -0.4 is 4.74 Å². The Hall–Kier alpha value is -4.71. The molecular weight excluding hydrogens is 452 g/mol. The summed E-state index contributed by atoms with van der Waals surface area (Å²) in [7, 11) is 0. The summed E-state index contributed by atoms with van der Waals surface area (Å²) in [6.07, 6.45) is 3.31. The van der Waals surface area contributed by atoms with Crippen LogP contribution in [0.15, 0.2) is 115 Å². The molecule has 2 heterocycles. The van der Waals surface area contributed by atoms with Gasteiger partial charge >= 0.3 is 0 Å². The van der Waals surface area contributed by atoms with E-state index in [0.29, 0.717) is 23.5 Å². The summed E-state index contributed by atoms with van der Waals surface area (Å²) in [5.41, 5.74) is 2.99. The normalized spacial score (nSPS) is 16.8. The zero-order chi connectivity index (χ0) is 24.9. The van der Waals surface area contributed by atoms with Crippen molar-refractivity contribution in [3.8, 4) is 5.75 Å². The first kappa shape index (κ1) is 23.1. The van der Waals surface area contributed by atoms with E-state index >= 15 is 0 Å². The molecule has 3 aromatic carbocycles. The first-order valence-corrected chi connectivity index (χ1v) is 11.6. The number of aliphatic hydroxyl groups is 1. The number of hydrogen-bond donors (Lipinski definition) is 1. The molecule has 5 rings (SSSR count). The Balaban J connectivity index is 1.55. The van der Waals surface area contributed by atoms with E-state index in [9.17, 15) is 14.7 Å². The van der Waals surface area contributed by atoms with Gasteiger partial charge in [0.15, 0.2) is 0 Å². The number of amides is 1. The molecule has 178 valence electrons. The Morgan fingerprint density at radius 3 is 2.31 bits per heavy atom. The van der Waals surface area contributed by atoms with Crippen LogP contribution in [0.1, 0.15) is 28.3 Å². The van der Waals surface area contributed by atoms with Gasteiger partial charge in [0.05, 0.1) is 11.6 Å². The first-order chi connectivity index (χ1) is 17.6. The summed E-state index contributed by atoms with van der Waals surface area (Å²) >= 11 is 0. The third kappa shape index (κ3) is 4.74. The summed E-state index contributed by atoms with van der Waals surface area (Å²) in [4.78, 5) is 32.1. The van der Waals surface area contributed by atoms with E-state index in [1.165, 1.54) is 4.90 Å². The number of nitrogens with zero attached hydrogens (tertiary/aromatic N) is 2. The molecule has 36 heavy (non-hydrogen) atoms. The Morgan fingerprint density at radius 1 is 0.861 bits per heavy atom. The van der Waals surface area contributed by atoms with Crippen molar-refractivity contribution in [3.05, 3.63) is 137 Å². The van der Waals surface area contributed by atoms with Gasteiger partial charge in [-0.25, -0.2) is 0 Å². The highest BCUT2D eigenvalue weighted by Gasteiger charge is 2.46. The van der Waals surface area contributed by atoms with Crippen LogP contribution in [0.3, 0.4) is 0 Å². The number of likely N-dealkylation sites (tertiary alicyclic amines) is 1. The van der Waals surface area contributed by atoms with Gasteiger partial charge in [0.2, 0.25) is 0 Å². The second kappa shape index (κ2) is 10.3. The Labute approximate surface area is 209 Å². The van der Waals surface area contributed by atoms with E-state index in [4.69, 9.17) is 4.74 Å². The van der Waals surface area contributed by atoms with Crippen LogP contribution in [-0.2, 0) is 22.7 Å². The smallest absolute Gasteiger partial charge is 0.295 e. The summed E-state index contributed by atoms with van der Waals surface area (Å²) in [5, 5.41) is 11.2. The lowest BCUT2D eigenvalue weighted by molar-refractivity contribution is -0.140. The van der Waals surface area contributed by atoms with Crippen molar-refractivity contribution in [2.24, 2.45) is 0 Å². The van der Waals surface area contributed by atoms with Gasteiger partial charge in [0.25, 0.3) is 11.7 Å². The van der Waals surface area contributed by atoms with Gasteiger partial charge < -0.3 is 14.7 Å². The van der Waals surface area contributed by atoms with Gasteiger partial charge in [0, 0.05) is 24.5 Å². The maximum absolute atomic E-state index is 13.2. The number of rotatable bonds is 7. The number of aromatic nitrogens is 1. The molecule has 1 aliphatic rings. The number of benzene rings is 3. The fourth-order valence-electron chi connectivity index (χ4n) is 4.34. The van der Waals surface area contributed by atoms with Crippen LogP contribution >= 0.6 is 0 Å². The highest BCUT2D eigenvalue weighted by Crippen LogP contribution is 2.41. The van der Waals surface area contributed by atoms with Crippen LogP contribution in [0.5, 0.6) is 5.75 Å². The van der Waals surface area contributed by atoms with Crippen molar-refractivity contribution in [1.82, 2.24) is 9.88 Å². The van der Waals surface area contributed by atoms with E-state index in [2.05, 4.69) is 4.98 Å². The third-order valence-corrected chi connectivity index (χ3v) is 6.09. The molecule has 1 aliphatic heterocycles. The van der Waals surface area contributed by atoms with Gasteiger partial charge in [-0.3, -0.25) is 14.6 Å². The molecular formula is C30H24N2O4. The quantitative estimate of drug-likeness (QED) is 0.223. The van der Waals surface area contributed by atoms with Crippen LogP contribution in [0.2, 0.25) is 0 Å². The van der Waals surface area contributed by atoms with E-state index in [1.807, 2.05) is 66.7 Å². The van der Waals surface area contributed by atoms with Crippen molar-refractivity contribution in [2.45, 2.75) is 19.2 Å². The predicted octanol–water partition coefficient (Wildman–Crippen LogP) is 5.28. The van der Waals surface area contributed by atoms with Crippen LogP contribution in [0.4, 0.5) is 0 Å². The number of ketones is 1. The van der Waals surface area contributed by atoms with E-state index in [-0.39, 0.29) is 17.9 Å². The van der Waals surface area contributed by atoms with E-state index in [0.717, 1.165) is 11.1 Å². The lowest BCUT2D eigenvalue weighted by Crippen LogP contribution is -2.29. The molecule has 0 spiro atoms. The average molecular weight is 477 g/mol. The molecule has 1 saturated heterocycles. The minimum absolute atomic E-state index is 0.0512. The number of aliphatic hydroxyl groups excluding tert-OH is 1. The lowest BCUT2D eigenvalue weighted by Gasteiger charge is -2.25. The molecule has 4 aromatic rings. The number of hydrogen-bond acceptors (Lipinski definition) is 5. The highest BCUT2D eigenvalue weighted by atomic mass is 16.5. The van der Waals surface area contributed by atoms with Crippen LogP contribution in [0.25, 0.3) is 5.76 Å². The standard InChI is InChI=1S/C30H24N2O4/c33-28(23-12-5-2-6-13-23)26-27(32(30(35)29(26)34)19-22-11-8-16-31-18-22)24-14-7-15-25(17-24)36-20-21-9-3-1-4-10-21/h1-18,27,33H,19-20H2. The maximum atomic E-state index is 13.2. The molecule has 1 amide bonds. The van der Waals surface area contributed by atoms with Crippen molar-refractivity contribution in [1.29, 1.82) is 0 Å².